The van der Waals surface area contributed by atoms with E-state index in [1.165, 1.54) is 0 Å². The van der Waals surface area contributed by atoms with Crippen molar-refractivity contribution in [3.8, 4) is 0 Å². The average Bonchev–Trinajstić information content (AvgIpc) is 2.90. The fourth-order valence-corrected chi connectivity index (χ4v) is 4.39. The Hall–Kier alpha value is -1.44. The molecular weight excluding hydrogens is 358 g/mol. The molecule has 1 heterocycles. The summed E-state index contributed by atoms with van der Waals surface area (Å²) in [7, 11) is 0. The third-order valence-electron chi connectivity index (χ3n) is 5.92. The van der Waals surface area contributed by atoms with Crippen molar-refractivity contribution >= 4 is 12.0 Å². The van der Waals surface area contributed by atoms with E-state index in [0.29, 0.717) is 25.7 Å². The van der Waals surface area contributed by atoms with E-state index >= 15 is 0 Å². The molecule has 0 radical (unpaired) electrons. The van der Waals surface area contributed by atoms with Crippen molar-refractivity contribution in [2.45, 2.75) is 83.4 Å². The third-order valence-corrected chi connectivity index (χ3v) is 5.92. The number of carbonyl (C=O) groups is 2. The molecule has 1 saturated heterocycles. The van der Waals surface area contributed by atoms with E-state index in [1.54, 1.807) is 20.8 Å². The summed E-state index contributed by atoms with van der Waals surface area (Å²) in [6, 6.07) is -1.02. The maximum atomic E-state index is 13.7. The maximum absolute atomic E-state index is 13.7. The topological polar surface area (TPSA) is 81.1 Å². The molecule has 0 aromatic rings. The van der Waals surface area contributed by atoms with Gasteiger partial charge in [-0.05, 0) is 58.3 Å². The van der Waals surface area contributed by atoms with Gasteiger partial charge in [0.2, 0.25) is 5.91 Å². The highest BCUT2D eigenvalue weighted by Gasteiger charge is 2.48. The molecule has 0 aromatic heterocycles. The largest absolute Gasteiger partial charge is 0.465 e. The standard InChI is InChI=1S/C19H32F2N2O4/c1-12(13-5-7-14(24)8-6-13)15(23(17(26)27)18(2,3)4)16(25)22-10-9-19(20,21)11-22/h12-15,24H,5-11H2,1-4H3,(H,26,27)/t12-,13?,14?,15-/m0/s1. The Morgan fingerprint density at radius 1 is 1.19 bits per heavy atom. The first-order valence-corrected chi connectivity index (χ1v) is 9.70. The van der Waals surface area contributed by atoms with E-state index in [-0.39, 0.29) is 24.5 Å². The summed E-state index contributed by atoms with van der Waals surface area (Å²) in [6.45, 7) is 6.24. The first-order chi connectivity index (χ1) is 12.3. The molecule has 0 aromatic carbocycles. The summed E-state index contributed by atoms with van der Waals surface area (Å²) < 4.78 is 27.3. The third kappa shape index (κ3) is 5.09. The first kappa shape index (κ1) is 21.9. The van der Waals surface area contributed by atoms with Crippen LogP contribution in [0.1, 0.15) is 59.8 Å². The zero-order chi connectivity index (χ0) is 20.6. The lowest BCUT2D eigenvalue weighted by atomic mass is 9.75. The van der Waals surface area contributed by atoms with E-state index < -0.39 is 42.5 Å². The van der Waals surface area contributed by atoms with Crippen LogP contribution in [0.4, 0.5) is 13.6 Å². The summed E-state index contributed by atoms with van der Waals surface area (Å²) in [5, 5.41) is 19.6. The molecule has 1 saturated carbocycles. The number of aliphatic hydroxyl groups is 1. The molecule has 1 aliphatic carbocycles. The number of alkyl halides is 2. The van der Waals surface area contributed by atoms with Gasteiger partial charge in [0.25, 0.3) is 5.92 Å². The number of likely N-dealkylation sites (tertiary alicyclic amines) is 1. The molecule has 8 heteroatoms. The van der Waals surface area contributed by atoms with Crippen molar-refractivity contribution in [1.82, 2.24) is 9.80 Å². The van der Waals surface area contributed by atoms with Gasteiger partial charge in [0.1, 0.15) is 6.04 Å². The van der Waals surface area contributed by atoms with Crippen LogP contribution in [0, 0.1) is 11.8 Å². The Bertz CT molecular complexity index is 556. The highest BCUT2D eigenvalue weighted by Crippen LogP contribution is 2.37. The highest BCUT2D eigenvalue weighted by molar-refractivity contribution is 5.86. The van der Waals surface area contributed by atoms with Crippen LogP contribution in [0.15, 0.2) is 0 Å². The Morgan fingerprint density at radius 2 is 1.74 bits per heavy atom. The molecule has 2 atom stereocenters. The van der Waals surface area contributed by atoms with Crippen LogP contribution in [0.2, 0.25) is 0 Å². The van der Waals surface area contributed by atoms with E-state index in [9.17, 15) is 28.6 Å². The van der Waals surface area contributed by atoms with Crippen LogP contribution in [0.3, 0.4) is 0 Å². The number of carboxylic acid groups (broad SMARTS) is 1. The smallest absolute Gasteiger partial charge is 0.408 e. The molecule has 0 bridgehead atoms. The zero-order valence-corrected chi connectivity index (χ0v) is 16.6. The lowest BCUT2D eigenvalue weighted by Gasteiger charge is -2.45. The fraction of sp³-hybridized carbons (Fsp3) is 0.895. The van der Waals surface area contributed by atoms with Gasteiger partial charge in [-0.2, -0.15) is 0 Å². The molecule has 0 spiro atoms. The molecule has 2 fully saturated rings. The van der Waals surface area contributed by atoms with Gasteiger partial charge >= 0.3 is 6.09 Å². The van der Waals surface area contributed by atoms with Gasteiger partial charge in [0.15, 0.2) is 0 Å². The van der Waals surface area contributed by atoms with Crippen molar-refractivity contribution < 1.29 is 28.6 Å². The molecule has 27 heavy (non-hydrogen) atoms. The zero-order valence-electron chi connectivity index (χ0n) is 16.6. The molecular formula is C19H32F2N2O4. The van der Waals surface area contributed by atoms with Crippen LogP contribution in [-0.4, -0.2) is 68.7 Å². The number of aliphatic hydroxyl groups excluding tert-OH is 1. The van der Waals surface area contributed by atoms with Crippen molar-refractivity contribution in [2.75, 3.05) is 13.1 Å². The summed E-state index contributed by atoms with van der Waals surface area (Å²) >= 11 is 0. The quantitative estimate of drug-likeness (QED) is 0.773. The minimum Gasteiger partial charge on any atom is -0.465 e. The SMILES string of the molecule is C[C@@H](C1CCC(O)CC1)[C@@H](C(=O)N1CCC(F)(F)C1)N(C(=O)O)C(C)(C)C. The number of hydrogen-bond donors (Lipinski definition) is 2. The Morgan fingerprint density at radius 3 is 2.15 bits per heavy atom. The van der Waals surface area contributed by atoms with Gasteiger partial charge in [-0.15, -0.1) is 0 Å². The average molecular weight is 390 g/mol. The van der Waals surface area contributed by atoms with Crippen LogP contribution >= 0.6 is 0 Å². The molecule has 2 rings (SSSR count). The van der Waals surface area contributed by atoms with E-state index in [0.717, 1.165) is 9.80 Å². The molecule has 6 nitrogen and oxygen atoms in total. The predicted octanol–water partition coefficient (Wildman–Crippen LogP) is 3.19. The normalized spacial score (nSPS) is 27.9. The minimum absolute atomic E-state index is 0.0595. The summed E-state index contributed by atoms with van der Waals surface area (Å²) in [5.41, 5.74) is -0.850. The van der Waals surface area contributed by atoms with Gasteiger partial charge in [-0.25, -0.2) is 13.6 Å². The number of rotatable bonds is 4. The summed E-state index contributed by atoms with van der Waals surface area (Å²) in [4.78, 5) is 27.5. The summed E-state index contributed by atoms with van der Waals surface area (Å²) in [6.07, 6.45) is 0.630. The number of amides is 2. The van der Waals surface area contributed by atoms with E-state index in [1.807, 2.05) is 6.92 Å². The van der Waals surface area contributed by atoms with Crippen molar-refractivity contribution in [2.24, 2.45) is 11.8 Å². The van der Waals surface area contributed by atoms with Gasteiger partial charge in [0.05, 0.1) is 12.6 Å². The summed E-state index contributed by atoms with van der Waals surface area (Å²) in [5.74, 6) is -3.72. The fourth-order valence-electron chi connectivity index (χ4n) is 4.39. The lowest BCUT2D eigenvalue weighted by Crippen LogP contribution is -2.60. The first-order valence-electron chi connectivity index (χ1n) is 9.70. The Kier molecular flexibility index (Phi) is 6.39. The number of carbonyl (C=O) groups excluding carboxylic acids is 1. The number of nitrogens with zero attached hydrogens (tertiary/aromatic N) is 2. The van der Waals surface area contributed by atoms with Crippen molar-refractivity contribution in [3.05, 3.63) is 0 Å². The van der Waals surface area contributed by atoms with Gasteiger partial charge in [-0.3, -0.25) is 9.69 Å². The molecule has 156 valence electrons. The maximum Gasteiger partial charge on any atom is 0.408 e. The number of halogens is 2. The second-order valence-corrected chi connectivity index (χ2v) is 9.06. The van der Waals surface area contributed by atoms with Crippen LogP contribution in [0.5, 0.6) is 0 Å². The van der Waals surface area contributed by atoms with Crippen LogP contribution < -0.4 is 0 Å². The minimum atomic E-state index is -2.92. The lowest BCUT2D eigenvalue weighted by molar-refractivity contribution is -0.142. The molecule has 2 aliphatic rings. The van der Waals surface area contributed by atoms with E-state index in [4.69, 9.17) is 0 Å². The Balaban J connectivity index is 2.32. The molecule has 1 aliphatic heterocycles. The van der Waals surface area contributed by atoms with Crippen LogP contribution in [-0.2, 0) is 4.79 Å². The number of hydrogen-bond acceptors (Lipinski definition) is 3. The Labute approximate surface area is 159 Å². The van der Waals surface area contributed by atoms with Gasteiger partial charge in [-0.1, -0.05) is 6.92 Å². The second kappa shape index (κ2) is 7.89. The predicted molar refractivity (Wildman–Crippen MR) is 96.7 cm³/mol. The molecule has 2 N–H and O–H groups in total. The second-order valence-electron chi connectivity index (χ2n) is 9.06. The van der Waals surface area contributed by atoms with Gasteiger partial charge < -0.3 is 15.1 Å². The molecule has 0 unspecified atom stereocenters. The van der Waals surface area contributed by atoms with Crippen molar-refractivity contribution in [3.63, 3.8) is 0 Å². The van der Waals surface area contributed by atoms with E-state index in [2.05, 4.69) is 0 Å². The van der Waals surface area contributed by atoms with Gasteiger partial charge in [0, 0.05) is 18.5 Å². The molecule has 2 amide bonds. The van der Waals surface area contributed by atoms with Crippen molar-refractivity contribution in [1.29, 1.82) is 0 Å². The highest BCUT2D eigenvalue weighted by atomic mass is 19.3. The monoisotopic (exact) mass is 390 g/mol. The van der Waals surface area contributed by atoms with Crippen LogP contribution in [0.25, 0.3) is 0 Å².